The molecule has 2 aliphatic heterocycles. The molecule has 2 bridgehead atoms. The SMILES string of the molecule is CC(C)Oc1nc2nc(C34COC(C)(C3)C4)cn2cc1C(=O)Nc1cnn2cc(C(F)F)cnc12. The van der Waals surface area contributed by atoms with Crippen LogP contribution in [-0.4, -0.2) is 53.2 Å². The summed E-state index contributed by atoms with van der Waals surface area (Å²) in [5.74, 6) is 0.0722. The molecule has 1 aliphatic carbocycles. The molecule has 1 N–H and O–H groups in total. The quantitative estimate of drug-likeness (QED) is 0.447. The highest BCUT2D eigenvalue weighted by Gasteiger charge is 2.61. The largest absolute Gasteiger partial charge is 0.474 e. The molecular formula is C23H23F2N7O3. The summed E-state index contributed by atoms with van der Waals surface area (Å²) < 4.78 is 40.6. The predicted octanol–water partition coefficient (Wildman–Crippen LogP) is 3.57. The van der Waals surface area contributed by atoms with E-state index in [2.05, 4.69) is 27.3 Å². The van der Waals surface area contributed by atoms with E-state index in [1.165, 1.54) is 16.9 Å². The molecule has 0 atom stereocenters. The van der Waals surface area contributed by atoms with E-state index in [1.807, 2.05) is 20.0 Å². The second kappa shape index (κ2) is 7.41. The normalized spacial score (nSPS) is 23.4. The Morgan fingerprint density at radius 1 is 1.20 bits per heavy atom. The number of anilines is 1. The average molecular weight is 483 g/mol. The minimum atomic E-state index is -2.67. The first-order valence-corrected chi connectivity index (χ1v) is 11.3. The maximum absolute atomic E-state index is 13.3. The van der Waals surface area contributed by atoms with E-state index in [1.54, 1.807) is 10.6 Å². The monoisotopic (exact) mass is 483 g/mol. The highest BCUT2D eigenvalue weighted by molar-refractivity contribution is 6.07. The number of amides is 1. The number of nitrogens with one attached hydrogen (secondary N) is 1. The van der Waals surface area contributed by atoms with Crippen LogP contribution >= 0.6 is 0 Å². The van der Waals surface area contributed by atoms with Crippen molar-refractivity contribution >= 4 is 23.0 Å². The lowest BCUT2D eigenvalue weighted by Gasteiger charge is -2.41. The number of imidazole rings is 1. The Labute approximate surface area is 198 Å². The summed E-state index contributed by atoms with van der Waals surface area (Å²) in [6, 6.07) is 0. The van der Waals surface area contributed by atoms with Crippen molar-refractivity contribution in [2.24, 2.45) is 0 Å². The lowest BCUT2D eigenvalue weighted by Crippen LogP contribution is -2.45. The smallest absolute Gasteiger partial charge is 0.266 e. The molecule has 7 rings (SSSR count). The van der Waals surface area contributed by atoms with Gasteiger partial charge >= 0.3 is 0 Å². The van der Waals surface area contributed by atoms with Gasteiger partial charge in [0.05, 0.1) is 35.8 Å². The van der Waals surface area contributed by atoms with E-state index in [4.69, 9.17) is 14.5 Å². The van der Waals surface area contributed by atoms with E-state index in [0.717, 1.165) is 24.7 Å². The molecule has 182 valence electrons. The Balaban J connectivity index is 1.35. The third kappa shape index (κ3) is 3.51. The standard InChI is InChI=1S/C23H23F2N7O3/c1-12(2)35-20-14(19(33)28-15-5-27-32-6-13(17(24)25)4-26-18(15)32)7-31-8-16(29-21(31)30-20)23-9-22(3,10-23)34-11-23/h4-8,12,17H,9-11H2,1-3H3,(H,28,33). The van der Waals surface area contributed by atoms with E-state index in [9.17, 15) is 13.6 Å². The Hall–Kier alpha value is -3.67. The van der Waals surface area contributed by atoms with E-state index >= 15 is 0 Å². The molecule has 35 heavy (non-hydrogen) atoms. The molecular weight excluding hydrogens is 460 g/mol. The van der Waals surface area contributed by atoms with Crippen LogP contribution in [0.3, 0.4) is 0 Å². The Morgan fingerprint density at radius 3 is 2.69 bits per heavy atom. The molecule has 1 amide bonds. The Bertz CT molecular complexity index is 1470. The van der Waals surface area contributed by atoms with Gasteiger partial charge in [-0.15, -0.1) is 0 Å². The van der Waals surface area contributed by atoms with Crippen LogP contribution < -0.4 is 10.1 Å². The first kappa shape index (κ1) is 21.8. The molecule has 0 unspecified atom stereocenters. The summed E-state index contributed by atoms with van der Waals surface area (Å²) in [5.41, 5.74) is 1.11. The molecule has 0 radical (unpaired) electrons. The van der Waals surface area contributed by atoms with Crippen LogP contribution in [0.2, 0.25) is 0 Å². The van der Waals surface area contributed by atoms with Gasteiger partial charge in [0.15, 0.2) is 5.65 Å². The van der Waals surface area contributed by atoms with Gasteiger partial charge in [-0.1, -0.05) is 0 Å². The van der Waals surface area contributed by atoms with Crippen LogP contribution in [0.5, 0.6) is 5.88 Å². The fourth-order valence-electron chi connectivity index (χ4n) is 5.06. The predicted molar refractivity (Wildman–Crippen MR) is 120 cm³/mol. The molecule has 1 saturated carbocycles. The van der Waals surface area contributed by atoms with Crippen molar-refractivity contribution in [2.45, 2.75) is 57.2 Å². The number of alkyl halides is 2. The third-order valence-electron chi connectivity index (χ3n) is 6.55. The molecule has 0 spiro atoms. The van der Waals surface area contributed by atoms with Crippen LogP contribution in [0.15, 0.2) is 31.0 Å². The van der Waals surface area contributed by atoms with Crippen LogP contribution in [0, 0.1) is 0 Å². The molecule has 10 nitrogen and oxygen atoms in total. The van der Waals surface area contributed by atoms with Crippen LogP contribution in [-0.2, 0) is 10.2 Å². The lowest BCUT2D eigenvalue weighted by atomic mass is 9.62. The first-order valence-electron chi connectivity index (χ1n) is 11.3. The Kier molecular flexibility index (Phi) is 4.62. The molecule has 3 fully saturated rings. The van der Waals surface area contributed by atoms with Gasteiger partial charge in [-0.2, -0.15) is 10.1 Å². The van der Waals surface area contributed by atoms with Gasteiger partial charge in [0.2, 0.25) is 11.7 Å². The number of fused-ring (bicyclic) bond motifs is 3. The maximum atomic E-state index is 13.3. The van der Waals surface area contributed by atoms with Crippen LogP contribution in [0.1, 0.15) is 61.7 Å². The number of ether oxygens (including phenoxy) is 2. The number of aromatic nitrogens is 6. The van der Waals surface area contributed by atoms with E-state index < -0.39 is 12.3 Å². The maximum Gasteiger partial charge on any atom is 0.266 e. The third-order valence-corrected chi connectivity index (χ3v) is 6.55. The van der Waals surface area contributed by atoms with Gasteiger partial charge < -0.3 is 14.8 Å². The number of halogens is 2. The Morgan fingerprint density at radius 2 is 2.00 bits per heavy atom. The molecule has 4 aromatic heterocycles. The zero-order valence-electron chi connectivity index (χ0n) is 19.3. The van der Waals surface area contributed by atoms with Gasteiger partial charge in [-0.05, 0) is 33.6 Å². The fourth-order valence-corrected chi connectivity index (χ4v) is 5.06. The minimum absolute atomic E-state index is 0.0847. The molecule has 4 aromatic rings. The van der Waals surface area contributed by atoms with Gasteiger partial charge in [-0.25, -0.2) is 23.3 Å². The number of hydrogen-bond donors (Lipinski definition) is 1. The summed E-state index contributed by atoms with van der Waals surface area (Å²) in [5, 5.41) is 6.77. The number of nitrogens with zero attached hydrogens (tertiary/aromatic N) is 6. The average Bonchev–Trinajstić information content (AvgIpc) is 3.53. The number of hydrogen-bond acceptors (Lipinski definition) is 7. The van der Waals surface area contributed by atoms with E-state index in [-0.39, 0.29) is 45.5 Å². The van der Waals surface area contributed by atoms with Crippen molar-refractivity contribution in [3.63, 3.8) is 0 Å². The van der Waals surface area contributed by atoms with Crippen molar-refractivity contribution in [1.29, 1.82) is 0 Å². The molecule has 2 saturated heterocycles. The van der Waals surface area contributed by atoms with Crippen LogP contribution in [0.25, 0.3) is 11.4 Å². The summed E-state index contributed by atoms with van der Waals surface area (Å²) >= 11 is 0. The van der Waals surface area contributed by atoms with Crippen molar-refractivity contribution in [3.8, 4) is 5.88 Å². The van der Waals surface area contributed by atoms with Gasteiger partial charge in [0.25, 0.3) is 12.3 Å². The summed E-state index contributed by atoms with van der Waals surface area (Å²) in [7, 11) is 0. The highest BCUT2D eigenvalue weighted by Crippen LogP contribution is 2.58. The second-order valence-corrected chi connectivity index (χ2v) is 9.80. The van der Waals surface area contributed by atoms with Gasteiger partial charge in [0, 0.05) is 30.2 Å². The topological polar surface area (TPSA) is 108 Å². The van der Waals surface area contributed by atoms with Crippen LogP contribution in [0.4, 0.5) is 14.5 Å². The summed E-state index contributed by atoms with van der Waals surface area (Å²) in [6.07, 6.45) is 6.00. The minimum Gasteiger partial charge on any atom is -0.474 e. The number of carbonyl (C=O) groups is 1. The second-order valence-electron chi connectivity index (χ2n) is 9.80. The molecule has 0 aromatic carbocycles. The highest BCUT2D eigenvalue weighted by atomic mass is 19.3. The van der Waals surface area contributed by atoms with Gasteiger partial charge in [0.1, 0.15) is 11.3 Å². The lowest BCUT2D eigenvalue weighted by molar-refractivity contribution is 0.0154. The number of rotatable bonds is 6. The number of carbonyl (C=O) groups excluding carboxylic acids is 1. The van der Waals surface area contributed by atoms with Crippen molar-refractivity contribution in [3.05, 3.63) is 47.8 Å². The molecule has 3 aliphatic rings. The summed E-state index contributed by atoms with van der Waals surface area (Å²) in [6.45, 7) is 6.40. The van der Waals surface area contributed by atoms with E-state index in [0.29, 0.717) is 12.4 Å². The molecule has 12 heteroatoms. The van der Waals surface area contributed by atoms with Gasteiger partial charge in [-0.3, -0.25) is 9.20 Å². The molecule has 6 heterocycles. The zero-order valence-corrected chi connectivity index (χ0v) is 19.3. The van der Waals surface area contributed by atoms with Crippen molar-refractivity contribution in [1.82, 2.24) is 29.0 Å². The summed E-state index contributed by atoms with van der Waals surface area (Å²) in [4.78, 5) is 26.6. The first-order chi connectivity index (χ1) is 16.6. The van der Waals surface area contributed by atoms with Crippen molar-refractivity contribution < 1.29 is 23.0 Å². The zero-order chi connectivity index (χ0) is 24.5. The fraction of sp³-hybridized carbons (Fsp3) is 0.435. The van der Waals surface area contributed by atoms with Crippen molar-refractivity contribution in [2.75, 3.05) is 11.9 Å².